The molecule has 1 aromatic rings. The molecule has 1 fully saturated rings. The molecule has 0 saturated carbocycles. The first-order valence-corrected chi connectivity index (χ1v) is 6.69. The normalized spacial score (nSPS) is 16.7. The highest BCUT2D eigenvalue weighted by Gasteiger charge is 2.36. The van der Waals surface area contributed by atoms with E-state index in [1.165, 1.54) is 17.6 Å². The predicted octanol–water partition coefficient (Wildman–Crippen LogP) is 1.68. The molecule has 1 N–H and O–H groups in total. The van der Waals surface area contributed by atoms with Gasteiger partial charge in [-0.05, 0) is 20.8 Å². The topological polar surface area (TPSA) is 87.9 Å². The standard InChI is InChI=1S/C11H16N4O3S/c1-11(2,3)18-10(16)15-5-7(6-15)9-14-13-8(19-9)4-12-17/h4,7,17H,5-6H2,1-3H3/b12-4+. The van der Waals surface area contributed by atoms with E-state index in [-0.39, 0.29) is 12.0 Å². The van der Waals surface area contributed by atoms with Gasteiger partial charge in [-0.25, -0.2) is 4.79 Å². The number of amides is 1. The molecule has 0 aromatic carbocycles. The lowest BCUT2D eigenvalue weighted by molar-refractivity contribution is 0.00813. The molecule has 2 rings (SSSR count). The first-order chi connectivity index (χ1) is 8.89. The van der Waals surface area contributed by atoms with Crippen LogP contribution in [0.3, 0.4) is 0 Å². The molecule has 0 unspecified atom stereocenters. The third kappa shape index (κ3) is 3.40. The maximum atomic E-state index is 11.7. The highest BCUT2D eigenvalue weighted by atomic mass is 32.1. The molecule has 1 aliphatic heterocycles. The van der Waals surface area contributed by atoms with Crippen molar-refractivity contribution in [1.82, 2.24) is 15.1 Å². The van der Waals surface area contributed by atoms with Crippen LogP contribution < -0.4 is 0 Å². The molecule has 2 heterocycles. The number of carbonyl (C=O) groups is 1. The summed E-state index contributed by atoms with van der Waals surface area (Å²) >= 11 is 1.36. The molecule has 0 radical (unpaired) electrons. The van der Waals surface area contributed by atoms with E-state index in [0.29, 0.717) is 18.1 Å². The summed E-state index contributed by atoms with van der Waals surface area (Å²) in [6.07, 6.45) is 0.941. The quantitative estimate of drug-likeness (QED) is 0.507. The molecule has 1 aliphatic rings. The van der Waals surface area contributed by atoms with Crippen LogP contribution in [0.15, 0.2) is 5.16 Å². The molecule has 7 nitrogen and oxygen atoms in total. The predicted molar refractivity (Wildman–Crippen MR) is 69.8 cm³/mol. The lowest BCUT2D eigenvalue weighted by atomic mass is 10.0. The fourth-order valence-electron chi connectivity index (χ4n) is 1.62. The lowest BCUT2D eigenvalue weighted by Gasteiger charge is -2.38. The number of nitrogens with zero attached hydrogens (tertiary/aromatic N) is 4. The van der Waals surface area contributed by atoms with Crippen LogP contribution in [0.25, 0.3) is 0 Å². The molecule has 0 atom stereocenters. The van der Waals surface area contributed by atoms with Crippen molar-refractivity contribution in [2.75, 3.05) is 13.1 Å². The van der Waals surface area contributed by atoms with Gasteiger partial charge in [0.25, 0.3) is 0 Å². The van der Waals surface area contributed by atoms with Gasteiger partial charge in [-0.15, -0.1) is 10.2 Å². The van der Waals surface area contributed by atoms with Crippen LogP contribution in [0, 0.1) is 0 Å². The summed E-state index contributed by atoms with van der Waals surface area (Å²) in [5.41, 5.74) is -0.477. The van der Waals surface area contributed by atoms with Crippen LogP contribution in [0.5, 0.6) is 0 Å². The van der Waals surface area contributed by atoms with Crippen molar-refractivity contribution < 1.29 is 14.7 Å². The monoisotopic (exact) mass is 284 g/mol. The van der Waals surface area contributed by atoms with Crippen LogP contribution in [0.4, 0.5) is 4.79 Å². The van der Waals surface area contributed by atoms with Crippen LogP contribution in [0.1, 0.15) is 36.7 Å². The van der Waals surface area contributed by atoms with Crippen molar-refractivity contribution in [1.29, 1.82) is 0 Å². The zero-order valence-corrected chi connectivity index (χ0v) is 11.8. The lowest BCUT2D eigenvalue weighted by Crippen LogP contribution is -2.50. The Hall–Kier alpha value is -1.70. The van der Waals surface area contributed by atoms with E-state index in [1.807, 2.05) is 20.8 Å². The van der Waals surface area contributed by atoms with Crippen LogP contribution >= 0.6 is 11.3 Å². The van der Waals surface area contributed by atoms with E-state index in [9.17, 15) is 4.79 Å². The van der Waals surface area contributed by atoms with E-state index in [2.05, 4.69) is 15.4 Å². The second-order valence-corrected chi connectivity index (χ2v) is 6.35. The number of oxime groups is 1. The smallest absolute Gasteiger partial charge is 0.410 e. The molecule has 0 aliphatic carbocycles. The molecule has 19 heavy (non-hydrogen) atoms. The Labute approximate surface area is 114 Å². The van der Waals surface area contributed by atoms with Crippen LogP contribution in [0.2, 0.25) is 0 Å². The maximum Gasteiger partial charge on any atom is 0.410 e. The maximum absolute atomic E-state index is 11.7. The van der Waals surface area contributed by atoms with Gasteiger partial charge in [0.05, 0.1) is 0 Å². The van der Waals surface area contributed by atoms with E-state index in [4.69, 9.17) is 9.94 Å². The fraction of sp³-hybridized carbons (Fsp3) is 0.636. The Bertz CT molecular complexity index is 488. The summed E-state index contributed by atoms with van der Waals surface area (Å²) in [5, 5.41) is 20.6. The van der Waals surface area contributed by atoms with Gasteiger partial charge >= 0.3 is 6.09 Å². The first kappa shape index (κ1) is 13.7. The molecule has 0 bridgehead atoms. The Balaban J connectivity index is 1.87. The minimum atomic E-state index is -0.477. The van der Waals surface area contributed by atoms with Crippen LogP contribution in [-0.2, 0) is 4.74 Å². The van der Waals surface area contributed by atoms with Gasteiger partial charge in [0.1, 0.15) is 16.8 Å². The number of likely N-dealkylation sites (tertiary alicyclic amines) is 1. The molecule has 0 spiro atoms. The Morgan fingerprint density at radius 2 is 2.21 bits per heavy atom. The van der Waals surface area contributed by atoms with Crippen molar-refractivity contribution >= 4 is 23.6 Å². The SMILES string of the molecule is CC(C)(C)OC(=O)N1CC(c2nnc(/C=N/O)s2)C1. The minimum Gasteiger partial charge on any atom is -0.444 e. The molecule has 1 aromatic heterocycles. The number of ether oxygens (including phenoxy) is 1. The van der Waals surface area contributed by atoms with Crippen molar-refractivity contribution in [2.45, 2.75) is 32.3 Å². The Kier molecular flexibility index (Phi) is 3.70. The molecular weight excluding hydrogens is 268 g/mol. The Morgan fingerprint density at radius 3 is 2.79 bits per heavy atom. The number of rotatable bonds is 2. The van der Waals surface area contributed by atoms with Crippen molar-refractivity contribution in [2.24, 2.45) is 5.16 Å². The van der Waals surface area contributed by atoms with Gasteiger partial charge in [-0.3, -0.25) is 0 Å². The second kappa shape index (κ2) is 5.12. The molecule has 104 valence electrons. The van der Waals surface area contributed by atoms with Crippen molar-refractivity contribution in [3.8, 4) is 0 Å². The zero-order chi connectivity index (χ0) is 14.0. The van der Waals surface area contributed by atoms with Crippen molar-refractivity contribution in [3.63, 3.8) is 0 Å². The third-order valence-electron chi connectivity index (χ3n) is 2.51. The van der Waals surface area contributed by atoms with Crippen molar-refractivity contribution in [3.05, 3.63) is 10.0 Å². The number of carbonyl (C=O) groups excluding carboxylic acids is 1. The largest absolute Gasteiger partial charge is 0.444 e. The number of hydrogen-bond donors (Lipinski definition) is 1. The third-order valence-corrected chi connectivity index (χ3v) is 3.53. The summed E-state index contributed by atoms with van der Waals surface area (Å²) in [6, 6.07) is 0. The summed E-state index contributed by atoms with van der Waals surface area (Å²) in [6.45, 7) is 6.69. The highest BCUT2D eigenvalue weighted by Crippen LogP contribution is 2.29. The summed E-state index contributed by atoms with van der Waals surface area (Å²) in [4.78, 5) is 13.4. The second-order valence-electron chi connectivity index (χ2n) is 5.31. The van der Waals surface area contributed by atoms with Gasteiger partial charge in [0, 0.05) is 19.0 Å². The number of hydrogen-bond acceptors (Lipinski definition) is 7. The van der Waals surface area contributed by atoms with E-state index in [1.54, 1.807) is 4.90 Å². The van der Waals surface area contributed by atoms with Gasteiger partial charge in [-0.1, -0.05) is 16.5 Å². The number of aromatic nitrogens is 2. The highest BCUT2D eigenvalue weighted by molar-refractivity contribution is 7.13. The summed E-state index contributed by atoms with van der Waals surface area (Å²) in [7, 11) is 0. The van der Waals surface area contributed by atoms with E-state index < -0.39 is 5.60 Å². The fourth-order valence-corrected chi connectivity index (χ4v) is 2.42. The van der Waals surface area contributed by atoms with E-state index >= 15 is 0 Å². The van der Waals surface area contributed by atoms with E-state index in [0.717, 1.165) is 5.01 Å². The van der Waals surface area contributed by atoms with Gasteiger partial charge in [0.2, 0.25) is 0 Å². The molecular formula is C11H16N4O3S. The summed E-state index contributed by atoms with van der Waals surface area (Å²) in [5.74, 6) is 0.186. The van der Waals surface area contributed by atoms with Gasteiger partial charge in [0.15, 0.2) is 5.01 Å². The average molecular weight is 284 g/mol. The summed E-state index contributed by atoms with van der Waals surface area (Å²) < 4.78 is 5.27. The average Bonchev–Trinajstić information content (AvgIpc) is 2.61. The first-order valence-electron chi connectivity index (χ1n) is 5.88. The Morgan fingerprint density at radius 1 is 1.53 bits per heavy atom. The van der Waals surface area contributed by atoms with Crippen LogP contribution in [-0.4, -0.2) is 51.3 Å². The zero-order valence-electron chi connectivity index (χ0n) is 11.0. The van der Waals surface area contributed by atoms with Gasteiger partial charge in [-0.2, -0.15) is 0 Å². The molecule has 1 saturated heterocycles. The molecule has 1 amide bonds. The molecule has 8 heteroatoms. The minimum absolute atomic E-state index is 0.186. The van der Waals surface area contributed by atoms with Gasteiger partial charge < -0.3 is 14.8 Å².